The zero-order valence-corrected chi connectivity index (χ0v) is 25.3. The monoisotopic (exact) mass is 631 g/mol. The lowest BCUT2D eigenvalue weighted by atomic mass is 10.1. The predicted octanol–water partition coefficient (Wildman–Crippen LogP) is 7.94. The molecule has 0 aromatic heterocycles. The molecule has 0 N–H and O–H groups in total. The SMILES string of the molecule is CC(OC(=O)c1ccc2c(c1)C(=O)N(c1ccc(Oc3ccccc3Cl)cc1)C2=O)C(=O)c1ccc(OCc2ccccc2)cc1. The number of fused-ring (bicyclic) bond motifs is 1. The molecule has 8 nitrogen and oxygen atoms in total. The summed E-state index contributed by atoms with van der Waals surface area (Å²) >= 11 is 6.16. The average Bonchev–Trinajstić information content (AvgIpc) is 3.33. The third-order valence-electron chi connectivity index (χ3n) is 7.32. The van der Waals surface area contributed by atoms with Gasteiger partial charge in [0.1, 0.15) is 23.9 Å². The second kappa shape index (κ2) is 13.1. The number of ether oxygens (including phenoxy) is 3. The van der Waals surface area contributed by atoms with Gasteiger partial charge in [0.05, 0.1) is 27.4 Å². The van der Waals surface area contributed by atoms with Crippen LogP contribution >= 0.6 is 11.6 Å². The van der Waals surface area contributed by atoms with Gasteiger partial charge in [-0.1, -0.05) is 54.1 Å². The molecule has 0 fully saturated rings. The van der Waals surface area contributed by atoms with Gasteiger partial charge in [-0.05, 0) is 91.3 Å². The summed E-state index contributed by atoms with van der Waals surface area (Å²) in [6, 6.07) is 33.8. The third kappa shape index (κ3) is 6.38. The summed E-state index contributed by atoms with van der Waals surface area (Å²) in [5.74, 6) is -0.787. The van der Waals surface area contributed by atoms with E-state index in [4.69, 9.17) is 25.8 Å². The maximum Gasteiger partial charge on any atom is 0.338 e. The Hall–Kier alpha value is -5.73. The van der Waals surface area contributed by atoms with E-state index in [1.165, 1.54) is 25.1 Å². The molecule has 9 heteroatoms. The van der Waals surface area contributed by atoms with E-state index in [0.29, 0.717) is 40.1 Å². The number of anilines is 1. The van der Waals surface area contributed by atoms with Crippen molar-refractivity contribution in [2.24, 2.45) is 0 Å². The average molecular weight is 632 g/mol. The largest absolute Gasteiger partial charge is 0.489 e. The van der Waals surface area contributed by atoms with Crippen molar-refractivity contribution in [1.82, 2.24) is 0 Å². The number of hydrogen-bond acceptors (Lipinski definition) is 7. The van der Waals surface area contributed by atoms with Gasteiger partial charge in [0.25, 0.3) is 11.8 Å². The van der Waals surface area contributed by atoms with Gasteiger partial charge in [-0.25, -0.2) is 9.69 Å². The van der Waals surface area contributed by atoms with E-state index in [1.807, 2.05) is 30.3 Å². The van der Waals surface area contributed by atoms with E-state index in [2.05, 4.69) is 0 Å². The van der Waals surface area contributed by atoms with Crippen molar-refractivity contribution < 1.29 is 33.4 Å². The van der Waals surface area contributed by atoms with Crippen molar-refractivity contribution in [3.05, 3.63) is 154 Å². The van der Waals surface area contributed by atoms with Crippen molar-refractivity contribution in [3.8, 4) is 17.2 Å². The Morgan fingerprint density at radius 2 is 1.35 bits per heavy atom. The van der Waals surface area contributed by atoms with E-state index in [9.17, 15) is 19.2 Å². The standard InChI is InChI=1S/C37H26ClNO7/c1-23(34(40)25-11-16-28(17-12-25)44-22-24-7-3-2-4-8-24)45-37(43)26-13-20-30-31(21-26)36(42)39(35(30)41)27-14-18-29(19-15-27)46-33-10-6-5-9-32(33)38/h2-21,23H,22H2,1H3. The Bertz CT molecular complexity index is 1940. The lowest BCUT2D eigenvalue weighted by Gasteiger charge is -2.15. The molecule has 6 rings (SSSR count). The molecule has 1 unspecified atom stereocenters. The molecule has 0 saturated heterocycles. The Kier molecular flexibility index (Phi) is 8.63. The number of ketones is 1. The zero-order valence-electron chi connectivity index (χ0n) is 24.5. The van der Waals surface area contributed by atoms with E-state index in [0.717, 1.165) is 10.5 Å². The first kappa shape index (κ1) is 30.3. The van der Waals surface area contributed by atoms with Crippen LogP contribution in [0.15, 0.2) is 121 Å². The van der Waals surface area contributed by atoms with Crippen LogP contribution in [-0.4, -0.2) is 29.7 Å². The highest BCUT2D eigenvalue weighted by atomic mass is 35.5. The van der Waals surface area contributed by atoms with Crippen LogP contribution in [-0.2, 0) is 11.3 Å². The Morgan fingerprint density at radius 1 is 0.717 bits per heavy atom. The number of esters is 1. The minimum atomic E-state index is -1.10. The first-order valence-electron chi connectivity index (χ1n) is 14.4. The minimum Gasteiger partial charge on any atom is -0.489 e. The van der Waals surface area contributed by atoms with Crippen LogP contribution in [0.5, 0.6) is 17.2 Å². The maximum absolute atomic E-state index is 13.3. The quantitative estimate of drug-likeness (QED) is 0.0876. The summed E-state index contributed by atoms with van der Waals surface area (Å²) in [4.78, 5) is 53.5. The number of para-hydroxylation sites is 1. The van der Waals surface area contributed by atoms with E-state index in [1.54, 1.807) is 72.8 Å². The molecule has 1 atom stereocenters. The van der Waals surface area contributed by atoms with Crippen LogP contribution in [0.1, 0.15) is 53.9 Å². The number of nitrogens with zero attached hydrogens (tertiary/aromatic N) is 1. The third-order valence-corrected chi connectivity index (χ3v) is 7.63. The molecule has 2 amide bonds. The van der Waals surface area contributed by atoms with Crippen LogP contribution in [0.25, 0.3) is 0 Å². The summed E-state index contributed by atoms with van der Waals surface area (Å²) in [7, 11) is 0. The number of Topliss-reactive ketones (excluding diaryl/α,β-unsaturated/α-hetero) is 1. The van der Waals surface area contributed by atoms with Crippen LogP contribution < -0.4 is 14.4 Å². The molecule has 1 aliphatic rings. The highest BCUT2D eigenvalue weighted by Gasteiger charge is 2.37. The van der Waals surface area contributed by atoms with Gasteiger partial charge in [0.15, 0.2) is 6.10 Å². The minimum absolute atomic E-state index is 0.0366. The van der Waals surface area contributed by atoms with E-state index in [-0.39, 0.29) is 16.7 Å². The lowest BCUT2D eigenvalue weighted by molar-refractivity contribution is 0.0318. The van der Waals surface area contributed by atoms with E-state index < -0.39 is 29.7 Å². The van der Waals surface area contributed by atoms with Crippen LogP contribution in [0, 0.1) is 0 Å². The number of rotatable bonds is 10. The first-order valence-corrected chi connectivity index (χ1v) is 14.7. The first-order chi connectivity index (χ1) is 22.3. The molecule has 1 aliphatic heterocycles. The van der Waals surface area contributed by atoms with Crippen molar-refractivity contribution >= 4 is 40.9 Å². The summed E-state index contributed by atoms with van der Waals surface area (Å²) in [6.07, 6.45) is -1.10. The molecule has 5 aromatic rings. The zero-order chi connectivity index (χ0) is 32.2. The molecule has 46 heavy (non-hydrogen) atoms. The molecule has 0 radical (unpaired) electrons. The van der Waals surface area contributed by atoms with Gasteiger partial charge in [-0.2, -0.15) is 0 Å². The van der Waals surface area contributed by atoms with Crippen molar-refractivity contribution in [1.29, 1.82) is 0 Å². The van der Waals surface area contributed by atoms with Gasteiger partial charge < -0.3 is 14.2 Å². The van der Waals surface area contributed by atoms with Crippen LogP contribution in [0.2, 0.25) is 5.02 Å². The van der Waals surface area contributed by atoms with Crippen molar-refractivity contribution in [2.75, 3.05) is 4.90 Å². The number of benzene rings is 5. The van der Waals surface area contributed by atoms with Gasteiger partial charge in [0.2, 0.25) is 5.78 Å². The summed E-state index contributed by atoms with van der Waals surface area (Å²) in [6.45, 7) is 1.86. The lowest BCUT2D eigenvalue weighted by Crippen LogP contribution is -2.29. The molecular weight excluding hydrogens is 606 g/mol. The van der Waals surface area contributed by atoms with Crippen LogP contribution in [0.4, 0.5) is 5.69 Å². The van der Waals surface area contributed by atoms with Gasteiger partial charge in [0, 0.05) is 5.56 Å². The molecule has 0 spiro atoms. The van der Waals surface area contributed by atoms with Crippen molar-refractivity contribution in [3.63, 3.8) is 0 Å². The number of carbonyl (C=O) groups is 4. The van der Waals surface area contributed by atoms with Crippen molar-refractivity contribution in [2.45, 2.75) is 19.6 Å². The highest BCUT2D eigenvalue weighted by Crippen LogP contribution is 2.33. The summed E-state index contributed by atoms with van der Waals surface area (Å²) < 4.78 is 17.0. The number of imide groups is 1. The Labute approximate surface area is 269 Å². The second-order valence-corrected chi connectivity index (χ2v) is 10.9. The number of hydrogen-bond donors (Lipinski definition) is 0. The topological polar surface area (TPSA) is 99.2 Å². The van der Waals surface area contributed by atoms with Gasteiger partial charge in [-0.15, -0.1) is 0 Å². The van der Waals surface area contributed by atoms with Gasteiger partial charge >= 0.3 is 5.97 Å². The smallest absolute Gasteiger partial charge is 0.338 e. The van der Waals surface area contributed by atoms with Crippen LogP contribution in [0.3, 0.4) is 0 Å². The number of carbonyl (C=O) groups excluding carboxylic acids is 4. The number of halogens is 1. The Morgan fingerprint density at radius 3 is 2.07 bits per heavy atom. The Balaban J connectivity index is 1.09. The highest BCUT2D eigenvalue weighted by molar-refractivity contribution is 6.34. The molecular formula is C37H26ClNO7. The fraction of sp³-hybridized carbons (Fsp3) is 0.0811. The second-order valence-electron chi connectivity index (χ2n) is 10.4. The predicted molar refractivity (Wildman–Crippen MR) is 172 cm³/mol. The molecule has 1 heterocycles. The number of amides is 2. The van der Waals surface area contributed by atoms with Gasteiger partial charge in [-0.3, -0.25) is 14.4 Å². The fourth-order valence-corrected chi connectivity index (χ4v) is 5.07. The molecule has 228 valence electrons. The maximum atomic E-state index is 13.3. The summed E-state index contributed by atoms with van der Waals surface area (Å²) in [5, 5.41) is 0.443. The normalized spacial score (nSPS) is 12.8. The molecule has 0 saturated carbocycles. The molecule has 0 aliphatic carbocycles. The fourth-order valence-electron chi connectivity index (χ4n) is 4.89. The molecule has 5 aromatic carbocycles. The van der Waals surface area contributed by atoms with E-state index >= 15 is 0 Å². The molecule has 0 bridgehead atoms. The summed E-state index contributed by atoms with van der Waals surface area (Å²) in [5.41, 5.74) is 1.94.